The van der Waals surface area contributed by atoms with Crippen molar-refractivity contribution >= 4 is 22.6 Å². The molecule has 1 aliphatic rings. The van der Waals surface area contributed by atoms with Crippen LogP contribution in [0.5, 0.6) is 0 Å². The molecule has 2 unspecified atom stereocenters. The maximum atomic E-state index is 12.8. The molecule has 5 heteroatoms. The molecule has 3 atom stereocenters. The third-order valence-electron chi connectivity index (χ3n) is 6.19. The Morgan fingerprint density at radius 3 is 2.84 bits per heavy atom. The van der Waals surface area contributed by atoms with Crippen LogP contribution in [0.1, 0.15) is 37.8 Å². The molecule has 2 heterocycles. The molecule has 2 aromatic carbocycles. The van der Waals surface area contributed by atoms with E-state index in [1.54, 1.807) is 0 Å². The number of fused-ring (bicyclic) bond motifs is 1. The molecule has 0 aliphatic carbocycles. The summed E-state index contributed by atoms with van der Waals surface area (Å²) in [6, 6.07) is 16.9. The summed E-state index contributed by atoms with van der Waals surface area (Å²) in [5.74, 6) is 0.377. The van der Waals surface area contributed by atoms with Crippen molar-refractivity contribution in [3.8, 4) is 11.1 Å². The first-order chi connectivity index (χ1) is 14.9. The van der Waals surface area contributed by atoms with Gasteiger partial charge in [0, 0.05) is 24.0 Å². The van der Waals surface area contributed by atoms with E-state index in [1.807, 2.05) is 26.0 Å². The summed E-state index contributed by atoms with van der Waals surface area (Å²) < 4.78 is 5.58. The Bertz CT molecular complexity index is 1100. The monoisotopic (exact) mass is 417 g/mol. The van der Waals surface area contributed by atoms with E-state index < -0.39 is 0 Å². The summed E-state index contributed by atoms with van der Waals surface area (Å²) in [5.41, 5.74) is 11.6. The van der Waals surface area contributed by atoms with Crippen molar-refractivity contribution in [2.75, 3.05) is 12.3 Å². The second-order valence-corrected chi connectivity index (χ2v) is 8.77. The first kappa shape index (κ1) is 21.3. The van der Waals surface area contributed by atoms with E-state index in [0.717, 1.165) is 34.9 Å². The summed E-state index contributed by atoms with van der Waals surface area (Å²) in [6.45, 7) is 6.82. The van der Waals surface area contributed by atoms with Crippen LogP contribution in [0.2, 0.25) is 0 Å². The van der Waals surface area contributed by atoms with E-state index >= 15 is 0 Å². The Morgan fingerprint density at radius 2 is 2.06 bits per heavy atom. The number of nitrogens with zero attached hydrogens (tertiary/aromatic N) is 1. The lowest BCUT2D eigenvalue weighted by Gasteiger charge is -2.29. The van der Waals surface area contributed by atoms with Crippen molar-refractivity contribution in [1.82, 2.24) is 10.3 Å². The highest BCUT2D eigenvalue weighted by Gasteiger charge is 2.24. The summed E-state index contributed by atoms with van der Waals surface area (Å²) in [6.07, 6.45) is 2.48. The van der Waals surface area contributed by atoms with E-state index in [1.165, 1.54) is 11.1 Å². The maximum Gasteiger partial charge on any atom is 0.223 e. The number of aryl methyl sites for hydroxylation is 1. The van der Waals surface area contributed by atoms with Crippen LogP contribution in [0.25, 0.3) is 22.0 Å². The second kappa shape index (κ2) is 9.06. The molecule has 162 valence electrons. The Morgan fingerprint density at radius 1 is 1.26 bits per heavy atom. The lowest BCUT2D eigenvalue weighted by molar-refractivity contribution is -0.126. The number of carbonyl (C=O) groups is 1. The number of hydrogen-bond donors (Lipinski definition) is 2. The topological polar surface area (TPSA) is 77.2 Å². The van der Waals surface area contributed by atoms with Crippen LogP contribution < -0.4 is 11.1 Å². The Hall–Kier alpha value is -2.92. The fourth-order valence-corrected chi connectivity index (χ4v) is 4.36. The van der Waals surface area contributed by atoms with E-state index in [0.29, 0.717) is 18.8 Å². The third-order valence-corrected chi connectivity index (χ3v) is 6.19. The molecule has 0 radical (unpaired) electrons. The summed E-state index contributed by atoms with van der Waals surface area (Å²) >= 11 is 0. The molecule has 1 aromatic heterocycles. The Kier molecular flexibility index (Phi) is 6.23. The lowest BCUT2D eigenvalue weighted by Crippen LogP contribution is -2.43. The molecule has 31 heavy (non-hydrogen) atoms. The number of benzene rings is 2. The minimum atomic E-state index is -0.181. The first-order valence-corrected chi connectivity index (χ1v) is 11.1. The van der Waals surface area contributed by atoms with E-state index in [2.05, 4.69) is 53.6 Å². The van der Waals surface area contributed by atoms with Gasteiger partial charge in [0.1, 0.15) is 5.82 Å². The van der Waals surface area contributed by atoms with Crippen molar-refractivity contribution in [2.45, 2.75) is 52.2 Å². The quantitative estimate of drug-likeness (QED) is 0.633. The minimum Gasteiger partial charge on any atom is -0.383 e. The molecule has 4 rings (SSSR count). The molecule has 0 saturated carbocycles. The number of pyridine rings is 1. The number of ether oxygens (including phenoxy) is 1. The fourth-order valence-electron chi connectivity index (χ4n) is 4.36. The zero-order valence-electron chi connectivity index (χ0n) is 18.5. The van der Waals surface area contributed by atoms with Crippen molar-refractivity contribution in [1.29, 1.82) is 0 Å². The summed E-state index contributed by atoms with van der Waals surface area (Å²) in [5, 5.41) is 4.22. The molecule has 1 fully saturated rings. The highest BCUT2D eigenvalue weighted by molar-refractivity contribution is 5.87. The molecule has 5 nitrogen and oxygen atoms in total. The predicted octanol–water partition coefficient (Wildman–Crippen LogP) is 4.65. The standard InChI is InChI=1S/C26H31N3O2/c1-16-6-4-5-7-23(16)19-8-9-24-20(14-19)15-21(25(27)29-24)12-17(2)26(30)28-22-10-11-31-18(3)13-22/h4-9,14-15,17-18,22H,10-13H2,1-3H3,(H2,27,29)(H,28,30)/t17-,18?,22?/m1/s1. The minimum absolute atomic E-state index is 0.0623. The fraction of sp³-hybridized carbons (Fsp3) is 0.385. The van der Waals surface area contributed by atoms with Crippen LogP contribution in [0.4, 0.5) is 5.82 Å². The molecular formula is C26H31N3O2. The molecule has 1 saturated heterocycles. The zero-order chi connectivity index (χ0) is 22.0. The van der Waals surface area contributed by atoms with Crippen molar-refractivity contribution in [3.63, 3.8) is 0 Å². The average molecular weight is 418 g/mol. The average Bonchev–Trinajstić information content (AvgIpc) is 2.74. The van der Waals surface area contributed by atoms with Crippen LogP contribution in [0, 0.1) is 12.8 Å². The van der Waals surface area contributed by atoms with Gasteiger partial charge in [-0.1, -0.05) is 37.3 Å². The SMILES string of the molecule is Cc1ccccc1-c1ccc2nc(N)c(C[C@@H](C)C(=O)NC3CCOC(C)C3)cc2c1. The molecule has 3 aromatic rings. The van der Waals surface area contributed by atoms with Gasteiger partial charge in [-0.3, -0.25) is 4.79 Å². The van der Waals surface area contributed by atoms with Gasteiger partial charge in [0.15, 0.2) is 0 Å². The van der Waals surface area contributed by atoms with E-state index in [9.17, 15) is 4.79 Å². The van der Waals surface area contributed by atoms with Crippen LogP contribution in [-0.4, -0.2) is 29.6 Å². The Labute approximate surface area is 184 Å². The van der Waals surface area contributed by atoms with Gasteiger partial charge in [-0.15, -0.1) is 0 Å². The lowest BCUT2D eigenvalue weighted by atomic mass is 9.96. The van der Waals surface area contributed by atoms with E-state index in [-0.39, 0.29) is 24.0 Å². The number of nitrogen functional groups attached to an aromatic ring is 1. The number of carbonyl (C=O) groups excluding carboxylic acids is 1. The van der Waals surface area contributed by atoms with Crippen molar-refractivity contribution < 1.29 is 9.53 Å². The number of nitrogens with one attached hydrogen (secondary N) is 1. The van der Waals surface area contributed by atoms with Gasteiger partial charge in [0.05, 0.1) is 11.6 Å². The number of nitrogens with two attached hydrogens (primary N) is 1. The van der Waals surface area contributed by atoms with Gasteiger partial charge in [-0.05, 0) is 73.6 Å². The number of aromatic nitrogens is 1. The van der Waals surface area contributed by atoms with Gasteiger partial charge >= 0.3 is 0 Å². The van der Waals surface area contributed by atoms with Crippen molar-refractivity contribution in [2.24, 2.45) is 5.92 Å². The normalized spacial score (nSPS) is 19.8. The van der Waals surface area contributed by atoms with Crippen LogP contribution in [0.15, 0.2) is 48.5 Å². The maximum absolute atomic E-state index is 12.8. The van der Waals surface area contributed by atoms with Crippen LogP contribution >= 0.6 is 0 Å². The van der Waals surface area contributed by atoms with Crippen LogP contribution in [0.3, 0.4) is 0 Å². The second-order valence-electron chi connectivity index (χ2n) is 8.77. The number of hydrogen-bond acceptors (Lipinski definition) is 4. The van der Waals surface area contributed by atoms with Gasteiger partial charge in [-0.25, -0.2) is 4.98 Å². The van der Waals surface area contributed by atoms with Gasteiger partial charge < -0.3 is 15.8 Å². The predicted molar refractivity (Wildman–Crippen MR) is 126 cm³/mol. The summed E-state index contributed by atoms with van der Waals surface area (Å²) in [7, 11) is 0. The molecule has 0 bridgehead atoms. The van der Waals surface area contributed by atoms with E-state index in [4.69, 9.17) is 10.5 Å². The number of amides is 1. The smallest absolute Gasteiger partial charge is 0.223 e. The van der Waals surface area contributed by atoms with Gasteiger partial charge in [0.25, 0.3) is 0 Å². The largest absolute Gasteiger partial charge is 0.383 e. The molecule has 3 N–H and O–H groups in total. The molecule has 1 aliphatic heterocycles. The van der Waals surface area contributed by atoms with Gasteiger partial charge in [-0.2, -0.15) is 0 Å². The highest BCUT2D eigenvalue weighted by Crippen LogP contribution is 2.28. The molecular weight excluding hydrogens is 386 g/mol. The third kappa shape index (κ3) is 4.88. The van der Waals surface area contributed by atoms with Gasteiger partial charge in [0.2, 0.25) is 5.91 Å². The Balaban J connectivity index is 1.53. The zero-order valence-corrected chi connectivity index (χ0v) is 18.5. The molecule has 1 amide bonds. The van der Waals surface area contributed by atoms with Crippen molar-refractivity contribution in [3.05, 3.63) is 59.7 Å². The first-order valence-electron chi connectivity index (χ1n) is 11.1. The summed E-state index contributed by atoms with van der Waals surface area (Å²) in [4.78, 5) is 17.4. The number of rotatable bonds is 5. The highest BCUT2D eigenvalue weighted by atomic mass is 16.5. The van der Waals surface area contributed by atoms with Crippen LogP contribution in [-0.2, 0) is 16.0 Å². The molecule has 0 spiro atoms. The number of anilines is 1.